The van der Waals surface area contributed by atoms with Gasteiger partial charge in [-0.2, -0.15) is 0 Å². The number of nitrogens with zero attached hydrogens (tertiary/aromatic N) is 7. The first-order valence-corrected chi connectivity index (χ1v) is 9.97. The number of anilines is 2. The molecule has 2 aromatic rings. The fourth-order valence-electron chi connectivity index (χ4n) is 3.46. The van der Waals surface area contributed by atoms with E-state index in [1.54, 1.807) is 24.5 Å². The van der Waals surface area contributed by atoms with Gasteiger partial charge in [0.2, 0.25) is 5.95 Å². The van der Waals surface area contributed by atoms with Crippen molar-refractivity contribution >= 4 is 17.7 Å². The Hall–Kier alpha value is -2.85. The molecule has 29 heavy (non-hydrogen) atoms. The van der Waals surface area contributed by atoms with Crippen LogP contribution >= 0.6 is 0 Å². The van der Waals surface area contributed by atoms with Crippen LogP contribution in [0.3, 0.4) is 0 Å². The van der Waals surface area contributed by atoms with Crippen LogP contribution in [0.4, 0.5) is 11.8 Å². The molecule has 1 amide bonds. The van der Waals surface area contributed by atoms with Gasteiger partial charge in [-0.25, -0.2) is 19.9 Å². The van der Waals surface area contributed by atoms with Gasteiger partial charge >= 0.3 is 0 Å². The molecule has 0 saturated carbocycles. The molecule has 0 aliphatic carbocycles. The lowest BCUT2D eigenvalue weighted by atomic mass is 10.2. The van der Waals surface area contributed by atoms with Crippen LogP contribution in [0.15, 0.2) is 30.9 Å². The minimum atomic E-state index is -0.0720. The van der Waals surface area contributed by atoms with Gasteiger partial charge in [-0.1, -0.05) is 0 Å². The summed E-state index contributed by atoms with van der Waals surface area (Å²) in [6.45, 7) is 7.79. The van der Waals surface area contributed by atoms with E-state index < -0.39 is 0 Å². The van der Waals surface area contributed by atoms with Crippen LogP contribution in [-0.4, -0.2) is 101 Å². The summed E-state index contributed by atoms with van der Waals surface area (Å²) >= 11 is 0. The molecule has 0 unspecified atom stereocenters. The molecule has 2 fully saturated rings. The number of aromatic nitrogens is 4. The van der Waals surface area contributed by atoms with Crippen molar-refractivity contribution in [2.45, 2.75) is 0 Å². The van der Waals surface area contributed by atoms with E-state index in [0.717, 1.165) is 39.4 Å². The third-order valence-electron chi connectivity index (χ3n) is 5.13. The van der Waals surface area contributed by atoms with Crippen LogP contribution < -0.4 is 10.2 Å². The van der Waals surface area contributed by atoms with E-state index in [2.05, 4.69) is 35.1 Å². The molecule has 10 nitrogen and oxygen atoms in total. The van der Waals surface area contributed by atoms with Crippen LogP contribution in [0.1, 0.15) is 10.5 Å². The second-order valence-corrected chi connectivity index (χ2v) is 7.00. The summed E-state index contributed by atoms with van der Waals surface area (Å²) in [5.41, 5.74) is 0.415. The fraction of sp³-hybridized carbons (Fsp3) is 0.526. The van der Waals surface area contributed by atoms with Crippen LogP contribution in [0, 0.1) is 0 Å². The SMILES string of the molecule is O=C(c1cc(NCCN2CCOCC2)ncn1)N1CCN(c2ncccn2)CC1. The molecule has 2 aliphatic heterocycles. The number of amides is 1. The Morgan fingerprint density at radius 1 is 1.00 bits per heavy atom. The summed E-state index contributed by atoms with van der Waals surface area (Å²) in [7, 11) is 0. The van der Waals surface area contributed by atoms with E-state index in [1.165, 1.54) is 6.33 Å². The standard InChI is InChI=1S/C19H26N8O2/c28-18(26-6-8-27(9-7-26)19-21-2-1-3-22-19)16-14-17(24-15-23-16)20-4-5-25-10-12-29-13-11-25/h1-3,14-15H,4-13H2,(H,20,23,24). The maximum absolute atomic E-state index is 12.9. The van der Waals surface area contributed by atoms with Gasteiger partial charge in [0.05, 0.1) is 13.2 Å². The van der Waals surface area contributed by atoms with E-state index in [-0.39, 0.29) is 5.91 Å². The molecule has 4 rings (SSSR count). The maximum atomic E-state index is 12.9. The second kappa shape index (κ2) is 9.57. The van der Waals surface area contributed by atoms with Gasteiger partial charge < -0.3 is 19.9 Å². The minimum Gasteiger partial charge on any atom is -0.379 e. The molecule has 4 heterocycles. The quantitative estimate of drug-likeness (QED) is 0.719. The molecule has 0 aromatic carbocycles. The smallest absolute Gasteiger partial charge is 0.272 e. The van der Waals surface area contributed by atoms with Crippen LogP contribution in [0.2, 0.25) is 0 Å². The maximum Gasteiger partial charge on any atom is 0.272 e. The van der Waals surface area contributed by atoms with Gasteiger partial charge in [0.25, 0.3) is 5.91 Å². The molecule has 154 valence electrons. The molecular formula is C19H26N8O2. The number of carbonyl (C=O) groups excluding carboxylic acids is 1. The lowest BCUT2D eigenvalue weighted by Gasteiger charge is -2.34. The highest BCUT2D eigenvalue weighted by atomic mass is 16.5. The highest BCUT2D eigenvalue weighted by Gasteiger charge is 2.24. The van der Waals surface area contributed by atoms with Crippen molar-refractivity contribution in [3.8, 4) is 0 Å². The monoisotopic (exact) mass is 398 g/mol. The van der Waals surface area contributed by atoms with Gasteiger partial charge in [0.15, 0.2) is 0 Å². The van der Waals surface area contributed by atoms with E-state index in [0.29, 0.717) is 43.6 Å². The molecule has 2 aliphatic rings. The number of morpholine rings is 1. The van der Waals surface area contributed by atoms with Crippen molar-refractivity contribution in [2.75, 3.05) is 75.8 Å². The van der Waals surface area contributed by atoms with Gasteiger partial charge in [-0.15, -0.1) is 0 Å². The molecule has 10 heteroatoms. The zero-order chi connectivity index (χ0) is 19.9. The van der Waals surface area contributed by atoms with Gasteiger partial charge in [0, 0.05) is 70.8 Å². The topological polar surface area (TPSA) is 99.6 Å². The Labute approximate surface area is 169 Å². The highest BCUT2D eigenvalue weighted by molar-refractivity contribution is 5.93. The highest BCUT2D eigenvalue weighted by Crippen LogP contribution is 2.13. The summed E-state index contributed by atoms with van der Waals surface area (Å²) in [6.07, 6.45) is 4.90. The van der Waals surface area contributed by atoms with Crippen molar-refractivity contribution in [2.24, 2.45) is 0 Å². The average Bonchev–Trinajstić information content (AvgIpc) is 2.80. The Bertz CT molecular complexity index is 792. The Balaban J connectivity index is 1.28. The predicted octanol–water partition coefficient (Wildman–Crippen LogP) is -0.0269. The largest absolute Gasteiger partial charge is 0.379 e. The fourth-order valence-corrected chi connectivity index (χ4v) is 3.46. The summed E-state index contributed by atoms with van der Waals surface area (Å²) in [5.74, 6) is 1.30. The Morgan fingerprint density at radius 2 is 1.76 bits per heavy atom. The van der Waals surface area contributed by atoms with Crippen LogP contribution in [0.5, 0.6) is 0 Å². The molecule has 2 aromatic heterocycles. The molecule has 1 N–H and O–H groups in total. The molecule has 0 atom stereocenters. The predicted molar refractivity (Wildman–Crippen MR) is 108 cm³/mol. The molecule has 0 bridgehead atoms. The summed E-state index contributed by atoms with van der Waals surface area (Å²) in [5, 5.41) is 3.29. The third kappa shape index (κ3) is 5.15. The summed E-state index contributed by atoms with van der Waals surface area (Å²) in [4.78, 5) is 36.1. The molecule has 0 spiro atoms. The number of rotatable bonds is 6. The molecular weight excluding hydrogens is 372 g/mol. The number of piperazine rings is 1. The van der Waals surface area contributed by atoms with Crippen LogP contribution in [-0.2, 0) is 4.74 Å². The Morgan fingerprint density at radius 3 is 2.52 bits per heavy atom. The number of hydrogen-bond donors (Lipinski definition) is 1. The number of hydrogen-bond acceptors (Lipinski definition) is 9. The number of nitrogens with one attached hydrogen (secondary N) is 1. The van der Waals surface area contributed by atoms with Crippen molar-refractivity contribution in [1.82, 2.24) is 29.7 Å². The van der Waals surface area contributed by atoms with Crippen molar-refractivity contribution in [1.29, 1.82) is 0 Å². The van der Waals surface area contributed by atoms with E-state index >= 15 is 0 Å². The normalized spacial score (nSPS) is 17.9. The van der Waals surface area contributed by atoms with Gasteiger partial charge in [-0.3, -0.25) is 9.69 Å². The summed E-state index contributed by atoms with van der Waals surface area (Å²) < 4.78 is 5.36. The van der Waals surface area contributed by atoms with E-state index in [9.17, 15) is 4.79 Å². The number of carbonyl (C=O) groups is 1. The minimum absolute atomic E-state index is 0.0720. The summed E-state index contributed by atoms with van der Waals surface area (Å²) in [6, 6.07) is 3.53. The molecule has 0 radical (unpaired) electrons. The number of ether oxygens (including phenoxy) is 1. The lowest BCUT2D eigenvalue weighted by Crippen LogP contribution is -2.49. The van der Waals surface area contributed by atoms with Crippen molar-refractivity contribution in [3.05, 3.63) is 36.5 Å². The first kappa shape index (κ1) is 19.5. The van der Waals surface area contributed by atoms with Crippen molar-refractivity contribution in [3.63, 3.8) is 0 Å². The van der Waals surface area contributed by atoms with E-state index in [4.69, 9.17) is 4.74 Å². The van der Waals surface area contributed by atoms with Crippen LogP contribution in [0.25, 0.3) is 0 Å². The van der Waals surface area contributed by atoms with Gasteiger partial charge in [0.1, 0.15) is 17.8 Å². The first-order chi connectivity index (χ1) is 14.3. The zero-order valence-corrected chi connectivity index (χ0v) is 16.4. The zero-order valence-electron chi connectivity index (χ0n) is 16.4. The van der Waals surface area contributed by atoms with E-state index in [1.807, 2.05) is 4.90 Å². The lowest BCUT2D eigenvalue weighted by molar-refractivity contribution is 0.0398. The molecule has 2 saturated heterocycles. The van der Waals surface area contributed by atoms with Gasteiger partial charge in [-0.05, 0) is 6.07 Å². The average molecular weight is 398 g/mol. The Kier molecular flexibility index (Phi) is 6.42. The second-order valence-electron chi connectivity index (χ2n) is 7.00. The van der Waals surface area contributed by atoms with Crippen molar-refractivity contribution < 1.29 is 9.53 Å². The third-order valence-corrected chi connectivity index (χ3v) is 5.13. The first-order valence-electron chi connectivity index (χ1n) is 9.97.